The molecule has 1 aliphatic rings. The Kier molecular flexibility index (Phi) is 4.30. The molecule has 2 rings (SSSR count). The first-order valence-corrected chi connectivity index (χ1v) is 9.32. The van der Waals surface area contributed by atoms with E-state index < -0.39 is 9.84 Å². The number of nitrogens with zero attached hydrogens (tertiary/aromatic N) is 1. The van der Waals surface area contributed by atoms with Crippen LogP contribution in [0, 0.1) is 0 Å². The van der Waals surface area contributed by atoms with Crippen LogP contribution < -0.4 is 10.6 Å². The highest BCUT2D eigenvalue weighted by Crippen LogP contribution is 2.31. The molecule has 1 saturated heterocycles. The summed E-state index contributed by atoms with van der Waals surface area (Å²) in [5, 5.41) is 0.628. The van der Waals surface area contributed by atoms with Crippen molar-refractivity contribution in [2.45, 2.75) is 23.5 Å². The monoisotopic (exact) mass is 300 g/mol. The zero-order valence-corrected chi connectivity index (χ0v) is 12.9. The van der Waals surface area contributed by atoms with Crippen LogP contribution in [0.15, 0.2) is 23.1 Å². The lowest BCUT2D eigenvalue weighted by molar-refractivity contribution is 0.602. The lowest BCUT2D eigenvalue weighted by Crippen LogP contribution is -2.38. The zero-order valence-electron chi connectivity index (χ0n) is 11.3. The third-order valence-electron chi connectivity index (χ3n) is 3.36. The second kappa shape index (κ2) is 5.63. The van der Waals surface area contributed by atoms with E-state index in [0.717, 1.165) is 31.0 Å². The highest BCUT2D eigenvalue weighted by Gasteiger charge is 2.21. The van der Waals surface area contributed by atoms with Gasteiger partial charge in [-0.25, -0.2) is 8.42 Å². The van der Waals surface area contributed by atoms with E-state index in [2.05, 4.69) is 11.8 Å². The molecule has 0 bridgehead atoms. The predicted molar refractivity (Wildman–Crippen MR) is 82.7 cm³/mol. The lowest BCUT2D eigenvalue weighted by atomic mass is 10.2. The van der Waals surface area contributed by atoms with Gasteiger partial charge in [0.2, 0.25) is 0 Å². The average Bonchev–Trinajstić information content (AvgIpc) is 2.37. The zero-order chi connectivity index (χ0) is 14.0. The minimum absolute atomic E-state index is 0.284. The fourth-order valence-corrected chi connectivity index (χ4v) is 4.07. The van der Waals surface area contributed by atoms with Gasteiger partial charge in [0, 0.05) is 30.3 Å². The number of benzene rings is 1. The van der Waals surface area contributed by atoms with Crippen LogP contribution >= 0.6 is 11.8 Å². The van der Waals surface area contributed by atoms with E-state index in [4.69, 9.17) is 5.73 Å². The van der Waals surface area contributed by atoms with E-state index in [0.29, 0.717) is 10.9 Å². The van der Waals surface area contributed by atoms with E-state index in [-0.39, 0.29) is 4.90 Å². The van der Waals surface area contributed by atoms with Gasteiger partial charge in [0.05, 0.1) is 16.3 Å². The molecule has 4 nitrogen and oxygen atoms in total. The van der Waals surface area contributed by atoms with Crippen molar-refractivity contribution in [1.82, 2.24) is 0 Å². The second-order valence-electron chi connectivity index (χ2n) is 4.84. The molecular weight excluding hydrogens is 280 g/mol. The summed E-state index contributed by atoms with van der Waals surface area (Å²) in [5.41, 5.74) is 7.52. The molecule has 0 saturated carbocycles. The van der Waals surface area contributed by atoms with Crippen molar-refractivity contribution in [2.24, 2.45) is 0 Å². The molecule has 2 N–H and O–H groups in total. The van der Waals surface area contributed by atoms with Gasteiger partial charge in [0.25, 0.3) is 0 Å². The predicted octanol–water partition coefficient (Wildman–Crippen LogP) is 2.00. The summed E-state index contributed by atoms with van der Waals surface area (Å²) in [6.45, 7) is 4.13. The van der Waals surface area contributed by atoms with Crippen molar-refractivity contribution in [2.75, 3.05) is 35.7 Å². The first-order valence-electron chi connectivity index (χ1n) is 6.38. The van der Waals surface area contributed by atoms with Crippen molar-refractivity contribution in [3.63, 3.8) is 0 Å². The lowest BCUT2D eigenvalue weighted by Gasteiger charge is -2.34. The molecule has 1 atom stereocenters. The van der Waals surface area contributed by atoms with E-state index >= 15 is 0 Å². The highest BCUT2D eigenvalue weighted by atomic mass is 32.2. The molecule has 0 amide bonds. The Morgan fingerprint density at radius 3 is 2.79 bits per heavy atom. The Balaban J connectivity index is 2.26. The SMILES string of the molecule is CCC1CN(c2ccc(S(C)(=O)=O)cc2N)CCS1. The van der Waals surface area contributed by atoms with Crippen molar-refractivity contribution in [3.8, 4) is 0 Å². The summed E-state index contributed by atoms with van der Waals surface area (Å²) in [4.78, 5) is 2.54. The van der Waals surface area contributed by atoms with Crippen LogP contribution in [0.2, 0.25) is 0 Å². The number of hydrogen-bond acceptors (Lipinski definition) is 5. The van der Waals surface area contributed by atoms with Crippen LogP contribution in [0.25, 0.3) is 0 Å². The number of hydrogen-bond donors (Lipinski definition) is 1. The van der Waals surface area contributed by atoms with Gasteiger partial charge >= 0.3 is 0 Å². The smallest absolute Gasteiger partial charge is 0.175 e. The van der Waals surface area contributed by atoms with Gasteiger partial charge in [0.15, 0.2) is 9.84 Å². The molecule has 1 aliphatic heterocycles. The number of rotatable bonds is 3. The first-order chi connectivity index (χ1) is 8.91. The molecule has 1 aromatic carbocycles. The van der Waals surface area contributed by atoms with Crippen LogP contribution in [0.3, 0.4) is 0 Å². The maximum absolute atomic E-state index is 11.5. The molecular formula is C13H20N2O2S2. The summed E-state index contributed by atoms with van der Waals surface area (Å²) in [5.74, 6) is 1.09. The Bertz CT molecular complexity index is 558. The van der Waals surface area contributed by atoms with Gasteiger partial charge in [-0.05, 0) is 24.6 Å². The van der Waals surface area contributed by atoms with Crippen molar-refractivity contribution >= 4 is 33.0 Å². The number of thioether (sulfide) groups is 1. The summed E-state index contributed by atoms with van der Waals surface area (Å²) in [6.07, 6.45) is 2.34. The Labute approximate surface area is 119 Å². The number of nitrogen functional groups attached to an aromatic ring is 1. The van der Waals surface area contributed by atoms with Crippen LogP contribution in [-0.2, 0) is 9.84 Å². The quantitative estimate of drug-likeness (QED) is 0.865. The average molecular weight is 300 g/mol. The molecule has 0 spiro atoms. The van der Waals surface area contributed by atoms with E-state index in [1.807, 2.05) is 17.8 Å². The maximum Gasteiger partial charge on any atom is 0.175 e. The fraction of sp³-hybridized carbons (Fsp3) is 0.538. The van der Waals surface area contributed by atoms with E-state index in [9.17, 15) is 8.42 Å². The normalized spacial score (nSPS) is 20.5. The van der Waals surface area contributed by atoms with Crippen LogP contribution in [0.4, 0.5) is 11.4 Å². The van der Waals surface area contributed by atoms with Crippen LogP contribution in [-0.4, -0.2) is 38.8 Å². The summed E-state index contributed by atoms with van der Waals surface area (Å²) in [6, 6.07) is 5.03. The molecule has 0 radical (unpaired) electrons. The Hall–Kier alpha value is -0.880. The van der Waals surface area contributed by atoms with Crippen LogP contribution in [0.5, 0.6) is 0 Å². The molecule has 1 aromatic rings. The minimum atomic E-state index is -3.19. The molecule has 0 aliphatic carbocycles. The van der Waals surface area contributed by atoms with Crippen molar-refractivity contribution in [3.05, 3.63) is 18.2 Å². The largest absolute Gasteiger partial charge is 0.397 e. The molecule has 6 heteroatoms. The summed E-state index contributed by atoms with van der Waals surface area (Å²) in [7, 11) is -3.19. The molecule has 19 heavy (non-hydrogen) atoms. The van der Waals surface area contributed by atoms with Crippen molar-refractivity contribution < 1.29 is 8.42 Å². The fourth-order valence-electron chi connectivity index (χ4n) is 2.24. The third-order valence-corrected chi connectivity index (χ3v) is 5.84. The standard InChI is InChI=1S/C13H20N2O2S2/c1-3-10-9-15(6-7-18-10)13-5-4-11(8-12(13)14)19(2,16)17/h4-5,8,10H,3,6-7,9,14H2,1-2H3. The molecule has 1 fully saturated rings. The Morgan fingerprint density at radius 1 is 1.47 bits per heavy atom. The van der Waals surface area contributed by atoms with Gasteiger partial charge in [-0.3, -0.25) is 0 Å². The topological polar surface area (TPSA) is 63.4 Å². The number of anilines is 2. The summed E-state index contributed by atoms with van der Waals surface area (Å²) >= 11 is 2.00. The van der Waals surface area contributed by atoms with Crippen LogP contribution in [0.1, 0.15) is 13.3 Å². The summed E-state index contributed by atoms with van der Waals surface area (Å²) < 4.78 is 23.0. The van der Waals surface area contributed by atoms with Gasteiger partial charge in [-0.2, -0.15) is 11.8 Å². The van der Waals surface area contributed by atoms with Gasteiger partial charge in [-0.15, -0.1) is 0 Å². The maximum atomic E-state index is 11.5. The highest BCUT2D eigenvalue weighted by molar-refractivity contribution is 8.00. The van der Waals surface area contributed by atoms with Crippen molar-refractivity contribution in [1.29, 1.82) is 0 Å². The Morgan fingerprint density at radius 2 is 2.21 bits per heavy atom. The van der Waals surface area contributed by atoms with Gasteiger partial charge in [0.1, 0.15) is 0 Å². The number of nitrogens with two attached hydrogens (primary N) is 1. The second-order valence-corrected chi connectivity index (χ2v) is 8.26. The minimum Gasteiger partial charge on any atom is -0.397 e. The van der Waals surface area contributed by atoms with Gasteiger partial charge in [-0.1, -0.05) is 6.92 Å². The third kappa shape index (κ3) is 3.36. The molecule has 0 aromatic heterocycles. The van der Waals surface area contributed by atoms with E-state index in [1.165, 1.54) is 6.26 Å². The number of sulfone groups is 1. The molecule has 1 heterocycles. The molecule has 106 valence electrons. The van der Waals surface area contributed by atoms with E-state index in [1.54, 1.807) is 12.1 Å². The van der Waals surface area contributed by atoms with Gasteiger partial charge < -0.3 is 10.6 Å². The first kappa shape index (κ1) is 14.5. The molecule has 1 unspecified atom stereocenters.